The van der Waals surface area contributed by atoms with E-state index in [9.17, 15) is 8.78 Å². The molecule has 0 atom stereocenters. The van der Waals surface area contributed by atoms with Crippen LogP contribution < -0.4 is 5.32 Å². The molecule has 0 radical (unpaired) electrons. The molecule has 0 spiro atoms. The Hall–Kier alpha value is -3.72. The maximum Gasteiger partial charge on any atom is 0.229 e. The Morgan fingerprint density at radius 3 is 2.54 bits per heavy atom. The molecule has 5 rings (SSSR count). The minimum absolute atomic E-state index is 0.00155. The van der Waals surface area contributed by atoms with Gasteiger partial charge in [0.15, 0.2) is 11.6 Å². The summed E-state index contributed by atoms with van der Waals surface area (Å²) in [5, 5.41) is 3.01. The molecule has 1 aliphatic heterocycles. The van der Waals surface area contributed by atoms with Gasteiger partial charge in [-0.1, -0.05) is 11.6 Å². The number of nitrogens with one attached hydrogen (secondary N) is 1. The quantitative estimate of drug-likeness (QED) is 0.381. The summed E-state index contributed by atoms with van der Waals surface area (Å²) in [7, 11) is 0. The summed E-state index contributed by atoms with van der Waals surface area (Å²) in [6, 6.07) is 6.79. The summed E-state index contributed by atoms with van der Waals surface area (Å²) in [6.45, 7) is 7.30. The number of aromatic nitrogens is 5. The maximum atomic E-state index is 14.9. The van der Waals surface area contributed by atoms with E-state index in [4.69, 9.17) is 4.74 Å². The van der Waals surface area contributed by atoms with Crippen LogP contribution >= 0.6 is 0 Å². The van der Waals surface area contributed by atoms with Crippen LogP contribution in [0.15, 0.2) is 42.2 Å². The van der Waals surface area contributed by atoms with Crippen LogP contribution in [-0.4, -0.2) is 37.7 Å². The highest BCUT2D eigenvalue weighted by molar-refractivity contribution is 5.83. The molecular weight excluding hydrogens is 450 g/mol. The molecule has 1 N–H and O–H groups in total. The van der Waals surface area contributed by atoms with Gasteiger partial charge in [0.05, 0.1) is 24.9 Å². The van der Waals surface area contributed by atoms with E-state index in [1.165, 1.54) is 11.6 Å². The molecule has 1 aliphatic rings. The van der Waals surface area contributed by atoms with Crippen LogP contribution in [0.2, 0.25) is 0 Å². The van der Waals surface area contributed by atoms with Gasteiger partial charge < -0.3 is 14.6 Å². The summed E-state index contributed by atoms with van der Waals surface area (Å²) < 4.78 is 36.9. The van der Waals surface area contributed by atoms with E-state index in [1.54, 1.807) is 12.3 Å². The van der Waals surface area contributed by atoms with Gasteiger partial charge in [-0.15, -0.1) is 0 Å². The van der Waals surface area contributed by atoms with Gasteiger partial charge in [0.25, 0.3) is 0 Å². The predicted molar refractivity (Wildman–Crippen MR) is 131 cm³/mol. The molecule has 3 aromatic heterocycles. The van der Waals surface area contributed by atoms with Crippen LogP contribution in [0.1, 0.15) is 44.1 Å². The van der Waals surface area contributed by atoms with Gasteiger partial charge in [-0.3, -0.25) is 0 Å². The number of nitrogens with zero attached hydrogens (tertiary/aromatic N) is 5. The van der Waals surface area contributed by atoms with E-state index < -0.39 is 11.6 Å². The van der Waals surface area contributed by atoms with Crippen molar-refractivity contribution < 1.29 is 13.5 Å². The van der Waals surface area contributed by atoms with Gasteiger partial charge in [0, 0.05) is 17.8 Å². The van der Waals surface area contributed by atoms with Crippen LogP contribution in [0.25, 0.3) is 28.4 Å². The number of hydrogen-bond acceptors (Lipinski definition) is 6. The van der Waals surface area contributed by atoms with Crippen molar-refractivity contribution in [2.24, 2.45) is 0 Å². The van der Waals surface area contributed by atoms with Crippen molar-refractivity contribution in [1.82, 2.24) is 24.5 Å². The number of rotatable bonds is 5. The second-order valence-electron chi connectivity index (χ2n) is 8.86. The topological polar surface area (TPSA) is 77.8 Å². The van der Waals surface area contributed by atoms with Gasteiger partial charge >= 0.3 is 0 Å². The highest BCUT2D eigenvalue weighted by Gasteiger charge is 2.18. The minimum atomic E-state index is -0.645. The fourth-order valence-electron chi connectivity index (χ4n) is 4.38. The molecule has 4 heterocycles. The number of benzene rings is 1. The number of ether oxygens (including phenoxy) is 1. The Morgan fingerprint density at radius 1 is 1.03 bits per heavy atom. The molecule has 0 aliphatic carbocycles. The third-order valence-corrected chi connectivity index (χ3v) is 5.99. The smallest absolute Gasteiger partial charge is 0.229 e. The average Bonchev–Trinajstić information content (AvgIpc) is 3.19. The number of pyridine rings is 1. The lowest BCUT2D eigenvalue weighted by molar-refractivity contribution is 0.119. The van der Waals surface area contributed by atoms with E-state index >= 15 is 0 Å². The van der Waals surface area contributed by atoms with Crippen molar-refractivity contribution in [3.05, 3.63) is 65.3 Å². The molecule has 9 heteroatoms. The first kappa shape index (κ1) is 23.0. The number of hydrogen-bond donors (Lipinski definition) is 1. The SMILES string of the molecule is Cc1nc2c(F)cc(-c3nc(Nc4ccc(C=C5CCOCC5)cn4)ncc3F)cc2n1C(C)C. The second kappa shape index (κ2) is 9.50. The molecule has 35 heavy (non-hydrogen) atoms. The molecule has 1 fully saturated rings. The first-order chi connectivity index (χ1) is 16.9. The lowest BCUT2D eigenvalue weighted by Crippen LogP contribution is -2.07. The first-order valence-corrected chi connectivity index (χ1v) is 11.6. The molecule has 0 amide bonds. The molecule has 1 saturated heterocycles. The fourth-order valence-corrected chi connectivity index (χ4v) is 4.38. The number of anilines is 2. The molecule has 1 aromatic carbocycles. The molecule has 7 nitrogen and oxygen atoms in total. The van der Waals surface area contributed by atoms with E-state index in [0.29, 0.717) is 22.7 Å². The van der Waals surface area contributed by atoms with Crippen molar-refractivity contribution in [2.45, 2.75) is 39.7 Å². The predicted octanol–water partition coefficient (Wildman–Crippen LogP) is 5.99. The fraction of sp³-hybridized carbons (Fsp3) is 0.308. The number of aryl methyl sites for hydroxylation is 1. The van der Waals surface area contributed by atoms with Gasteiger partial charge in [0.2, 0.25) is 5.95 Å². The largest absolute Gasteiger partial charge is 0.381 e. The van der Waals surface area contributed by atoms with Crippen LogP contribution in [0.5, 0.6) is 0 Å². The Balaban J connectivity index is 1.43. The highest BCUT2D eigenvalue weighted by atomic mass is 19.1. The zero-order valence-electron chi connectivity index (χ0n) is 19.8. The Bertz CT molecular complexity index is 1400. The minimum Gasteiger partial charge on any atom is -0.381 e. The highest BCUT2D eigenvalue weighted by Crippen LogP contribution is 2.30. The molecule has 0 unspecified atom stereocenters. The first-order valence-electron chi connectivity index (χ1n) is 11.6. The zero-order chi connectivity index (χ0) is 24.5. The average molecular weight is 477 g/mol. The molecule has 4 aromatic rings. The Kier molecular flexibility index (Phi) is 6.25. The Labute approximate surface area is 201 Å². The normalized spacial score (nSPS) is 14.1. The second-order valence-corrected chi connectivity index (χ2v) is 8.86. The number of fused-ring (bicyclic) bond motifs is 1. The lowest BCUT2D eigenvalue weighted by Gasteiger charge is -2.14. The van der Waals surface area contributed by atoms with Crippen molar-refractivity contribution >= 4 is 28.9 Å². The van der Waals surface area contributed by atoms with Gasteiger partial charge in [-0.2, -0.15) is 0 Å². The van der Waals surface area contributed by atoms with Crippen LogP contribution in [-0.2, 0) is 4.74 Å². The van der Waals surface area contributed by atoms with E-state index in [1.807, 2.05) is 37.5 Å². The zero-order valence-corrected chi connectivity index (χ0v) is 19.8. The molecular formula is C26H26F2N6O. The van der Waals surface area contributed by atoms with Gasteiger partial charge in [0.1, 0.15) is 22.9 Å². The number of halogens is 2. The third-order valence-electron chi connectivity index (χ3n) is 5.99. The monoisotopic (exact) mass is 476 g/mol. The van der Waals surface area contributed by atoms with Crippen molar-refractivity contribution in [3.63, 3.8) is 0 Å². The van der Waals surface area contributed by atoms with Gasteiger partial charge in [-0.25, -0.2) is 28.7 Å². The Morgan fingerprint density at radius 2 is 1.83 bits per heavy atom. The van der Waals surface area contributed by atoms with Crippen molar-refractivity contribution in [3.8, 4) is 11.3 Å². The number of imidazole rings is 1. The van der Waals surface area contributed by atoms with Gasteiger partial charge in [-0.05, 0) is 63.4 Å². The summed E-state index contributed by atoms with van der Waals surface area (Å²) in [5.74, 6) is 0.209. The van der Waals surface area contributed by atoms with E-state index in [0.717, 1.165) is 37.8 Å². The van der Waals surface area contributed by atoms with Crippen LogP contribution in [0.3, 0.4) is 0 Å². The lowest BCUT2D eigenvalue weighted by atomic mass is 10.1. The summed E-state index contributed by atoms with van der Waals surface area (Å²) >= 11 is 0. The summed E-state index contributed by atoms with van der Waals surface area (Å²) in [5.41, 5.74) is 3.49. The van der Waals surface area contributed by atoms with E-state index in [2.05, 4.69) is 31.3 Å². The maximum absolute atomic E-state index is 14.9. The molecule has 0 bridgehead atoms. The summed E-state index contributed by atoms with van der Waals surface area (Å²) in [4.78, 5) is 17.1. The van der Waals surface area contributed by atoms with Crippen molar-refractivity contribution in [1.29, 1.82) is 0 Å². The molecule has 180 valence electrons. The van der Waals surface area contributed by atoms with Crippen LogP contribution in [0, 0.1) is 18.6 Å². The summed E-state index contributed by atoms with van der Waals surface area (Å²) in [6.07, 6.45) is 6.81. The van der Waals surface area contributed by atoms with Crippen LogP contribution in [0.4, 0.5) is 20.5 Å². The van der Waals surface area contributed by atoms with E-state index in [-0.39, 0.29) is 23.2 Å². The standard InChI is InChI=1S/C26H26F2N6O/c1-15(2)34-16(3)31-25-20(27)11-19(12-22(25)34)24-21(28)14-30-26(33-24)32-23-5-4-18(13-29-23)10-17-6-8-35-9-7-17/h4-5,10-15H,6-9H2,1-3H3,(H,29,30,32,33). The third kappa shape index (κ3) is 4.77. The molecule has 0 saturated carbocycles. The van der Waals surface area contributed by atoms with Crippen molar-refractivity contribution in [2.75, 3.05) is 18.5 Å².